The summed E-state index contributed by atoms with van der Waals surface area (Å²) in [5, 5.41) is 0. The molecule has 1 unspecified atom stereocenters. The molecule has 0 bridgehead atoms. The van der Waals surface area contributed by atoms with E-state index in [9.17, 15) is 9.59 Å². The molecule has 1 heterocycles. The third-order valence-electron chi connectivity index (χ3n) is 1.81. The van der Waals surface area contributed by atoms with Gasteiger partial charge in [0.15, 0.2) is 0 Å². The van der Waals surface area contributed by atoms with Gasteiger partial charge in [0.1, 0.15) is 6.04 Å². The first kappa shape index (κ1) is 9.46. The summed E-state index contributed by atoms with van der Waals surface area (Å²) in [5.41, 5.74) is 0. The number of nitrogens with zero attached hydrogens (tertiary/aromatic N) is 1. The Hall–Kier alpha value is -0.630. The predicted molar refractivity (Wildman–Crippen MR) is 46.2 cm³/mol. The van der Waals surface area contributed by atoms with Crippen LogP contribution >= 0.6 is 9.39 Å². The van der Waals surface area contributed by atoms with Gasteiger partial charge in [0, 0.05) is 6.42 Å². The summed E-state index contributed by atoms with van der Waals surface area (Å²) in [6, 6.07) is -0.387. The SMILES string of the molecule is CCOC(=O)[C@@H]1CCC(=O)N1P. The summed E-state index contributed by atoms with van der Waals surface area (Å²) in [6.07, 6.45) is 1.01. The molecule has 1 rings (SSSR count). The van der Waals surface area contributed by atoms with Gasteiger partial charge in [-0.15, -0.1) is 0 Å². The smallest absolute Gasteiger partial charge is 0.329 e. The maximum atomic E-state index is 11.2. The number of carbonyl (C=O) groups excluding carboxylic acids is 2. The fourth-order valence-electron chi connectivity index (χ4n) is 1.17. The number of carbonyl (C=O) groups is 2. The molecule has 0 radical (unpaired) electrons. The molecule has 68 valence electrons. The van der Waals surface area contributed by atoms with Crippen LogP contribution in [0, 0.1) is 0 Å². The number of esters is 1. The Labute approximate surface area is 73.5 Å². The van der Waals surface area contributed by atoms with Gasteiger partial charge in [-0.05, 0) is 22.7 Å². The topological polar surface area (TPSA) is 46.6 Å². The van der Waals surface area contributed by atoms with Crippen LogP contribution in [0.4, 0.5) is 0 Å². The van der Waals surface area contributed by atoms with E-state index in [0.29, 0.717) is 19.4 Å². The molecule has 0 aromatic heterocycles. The highest BCUT2D eigenvalue weighted by Crippen LogP contribution is 2.23. The van der Waals surface area contributed by atoms with E-state index in [1.165, 1.54) is 4.67 Å². The second kappa shape index (κ2) is 3.85. The quantitative estimate of drug-likeness (QED) is 0.464. The molecule has 1 amide bonds. The minimum Gasteiger partial charge on any atom is -0.464 e. The third-order valence-corrected chi connectivity index (χ3v) is 2.46. The minimum absolute atomic E-state index is 0.0157. The van der Waals surface area contributed by atoms with Crippen LogP contribution in [0.15, 0.2) is 0 Å². The molecular weight excluding hydrogens is 177 g/mol. The van der Waals surface area contributed by atoms with Gasteiger partial charge < -0.3 is 9.41 Å². The predicted octanol–water partition coefficient (Wildman–Crippen LogP) is 0.331. The molecule has 0 aliphatic carbocycles. The van der Waals surface area contributed by atoms with Crippen LogP contribution in [0.2, 0.25) is 0 Å². The van der Waals surface area contributed by atoms with E-state index in [2.05, 4.69) is 9.39 Å². The van der Waals surface area contributed by atoms with Crippen molar-refractivity contribution in [3.63, 3.8) is 0 Å². The summed E-state index contributed by atoms with van der Waals surface area (Å²) in [7, 11) is 2.25. The molecule has 1 aliphatic rings. The Balaban J connectivity index is 2.53. The van der Waals surface area contributed by atoms with Crippen LogP contribution in [0.5, 0.6) is 0 Å². The Morgan fingerprint density at radius 3 is 2.92 bits per heavy atom. The van der Waals surface area contributed by atoms with Gasteiger partial charge in [-0.1, -0.05) is 0 Å². The molecule has 0 N–H and O–H groups in total. The summed E-state index contributed by atoms with van der Waals surface area (Å²) >= 11 is 0. The van der Waals surface area contributed by atoms with Crippen molar-refractivity contribution < 1.29 is 14.3 Å². The summed E-state index contributed by atoms with van der Waals surface area (Å²) in [6.45, 7) is 2.11. The number of rotatable bonds is 2. The average molecular weight is 189 g/mol. The van der Waals surface area contributed by atoms with Crippen LogP contribution in [0.3, 0.4) is 0 Å². The standard InChI is InChI=1S/C7H12NO3P/c1-2-11-7(10)5-3-4-6(9)8(5)12/h5H,2-4,12H2,1H3/t5-/m0/s1. The van der Waals surface area contributed by atoms with E-state index >= 15 is 0 Å². The molecular formula is C7H12NO3P. The van der Waals surface area contributed by atoms with Crippen molar-refractivity contribution in [1.29, 1.82) is 0 Å². The van der Waals surface area contributed by atoms with Crippen molar-refractivity contribution in [1.82, 2.24) is 4.67 Å². The maximum Gasteiger partial charge on any atom is 0.329 e. The van der Waals surface area contributed by atoms with Crippen molar-refractivity contribution in [3.8, 4) is 0 Å². The molecule has 0 aromatic rings. The molecule has 1 saturated heterocycles. The Kier molecular flexibility index (Phi) is 3.04. The van der Waals surface area contributed by atoms with Gasteiger partial charge in [0.25, 0.3) is 0 Å². The molecule has 2 atom stereocenters. The zero-order chi connectivity index (χ0) is 9.14. The number of hydrogen-bond acceptors (Lipinski definition) is 3. The van der Waals surface area contributed by atoms with Gasteiger partial charge in [-0.3, -0.25) is 4.79 Å². The fraction of sp³-hybridized carbons (Fsp3) is 0.714. The van der Waals surface area contributed by atoms with Crippen molar-refractivity contribution in [2.75, 3.05) is 6.61 Å². The molecule has 5 heteroatoms. The Bertz CT molecular complexity index is 207. The summed E-state index contributed by atoms with van der Waals surface area (Å²) in [5.74, 6) is -0.323. The molecule has 12 heavy (non-hydrogen) atoms. The molecule has 0 spiro atoms. The van der Waals surface area contributed by atoms with Gasteiger partial charge in [-0.2, -0.15) is 0 Å². The second-order valence-electron chi connectivity index (χ2n) is 2.61. The first-order valence-electron chi connectivity index (χ1n) is 3.90. The largest absolute Gasteiger partial charge is 0.464 e. The van der Waals surface area contributed by atoms with Gasteiger partial charge in [-0.25, -0.2) is 4.79 Å². The highest BCUT2D eigenvalue weighted by molar-refractivity contribution is 7.14. The number of hydrogen-bond donors (Lipinski definition) is 0. The highest BCUT2D eigenvalue weighted by atomic mass is 31.0. The van der Waals surface area contributed by atoms with Gasteiger partial charge >= 0.3 is 5.97 Å². The lowest BCUT2D eigenvalue weighted by Gasteiger charge is -2.16. The molecule has 1 fully saturated rings. The molecule has 0 aromatic carbocycles. The van der Waals surface area contributed by atoms with Crippen molar-refractivity contribution in [2.24, 2.45) is 0 Å². The lowest BCUT2D eigenvalue weighted by atomic mass is 10.2. The van der Waals surface area contributed by atoms with Crippen LogP contribution < -0.4 is 0 Å². The highest BCUT2D eigenvalue weighted by Gasteiger charge is 2.34. The van der Waals surface area contributed by atoms with Gasteiger partial charge in [0.2, 0.25) is 5.91 Å². The second-order valence-corrected chi connectivity index (χ2v) is 3.16. The Morgan fingerprint density at radius 1 is 1.83 bits per heavy atom. The first-order valence-corrected chi connectivity index (χ1v) is 4.42. The van der Waals surface area contributed by atoms with Crippen LogP contribution in [0.25, 0.3) is 0 Å². The maximum absolute atomic E-state index is 11.2. The molecule has 1 aliphatic heterocycles. The van der Waals surface area contributed by atoms with Gasteiger partial charge in [0.05, 0.1) is 6.61 Å². The van der Waals surface area contributed by atoms with Crippen molar-refractivity contribution in [2.45, 2.75) is 25.8 Å². The lowest BCUT2D eigenvalue weighted by molar-refractivity contribution is -0.148. The van der Waals surface area contributed by atoms with E-state index in [-0.39, 0.29) is 17.9 Å². The van der Waals surface area contributed by atoms with Crippen LogP contribution in [-0.4, -0.2) is 29.2 Å². The zero-order valence-corrected chi connectivity index (χ0v) is 8.10. The number of ether oxygens (including phenoxy) is 1. The first-order chi connectivity index (χ1) is 5.66. The minimum atomic E-state index is -0.387. The molecule has 4 nitrogen and oxygen atoms in total. The third kappa shape index (κ3) is 1.75. The zero-order valence-electron chi connectivity index (χ0n) is 6.95. The van der Waals surface area contributed by atoms with E-state index in [0.717, 1.165) is 0 Å². The van der Waals surface area contributed by atoms with Crippen LogP contribution in [0.1, 0.15) is 19.8 Å². The summed E-state index contributed by atoms with van der Waals surface area (Å²) < 4.78 is 6.17. The average Bonchev–Trinajstić information content (AvgIpc) is 2.34. The van der Waals surface area contributed by atoms with E-state index in [1.807, 2.05) is 0 Å². The van der Waals surface area contributed by atoms with Crippen molar-refractivity contribution >= 4 is 21.3 Å². The van der Waals surface area contributed by atoms with Crippen molar-refractivity contribution in [3.05, 3.63) is 0 Å². The fourth-order valence-corrected chi connectivity index (χ4v) is 1.57. The summed E-state index contributed by atoms with van der Waals surface area (Å²) in [4.78, 5) is 22.2. The Morgan fingerprint density at radius 2 is 2.50 bits per heavy atom. The lowest BCUT2D eigenvalue weighted by Crippen LogP contribution is -2.32. The molecule has 0 saturated carbocycles. The van der Waals surface area contributed by atoms with E-state index < -0.39 is 0 Å². The van der Waals surface area contributed by atoms with E-state index in [1.54, 1.807) is 6.92 Å². The van der Waals surface area contributed by atoms with E-state index in [4.69, 9.17) is 4.74 Å². The van der Waals surface area contributed by atoms with Crippen LogP contribution in [-0.2, 0) is 14.3 Å². The monoisotopic (exact) mass is 189 g/mol. The number of amides is 1. The normalized spacial score (nSPS) is 23.0.